The molecule has 0 aliphatic carbocycles. The van der Waals surface area contributed by atoms with Crippen LogP contribution < -0.4 is 4.74 Å². The van der Waals surface area contributed by atoms with Crippen LogP contribution in [0.1, 0.15) is 30.1 Å². The molecule has 0 N–H and O–H groups in total. The summed E-state index contributed by atoms with van der Waals surface area (Å²) in [4.78, 5) is 11.4. The van der Waals surface area contributed by atoms with E-state index >= 15 is 0 Å². The zero-order valence-electron chi connectivity index (χ0n) is 9.66. The maximum Gasteiger partial charge on any atom is 0.138 e. The third-order valence-electron chi connectivity index (χ3n) is 2.95. The summed E-state index contributed by atoms with van der Waals surface area (Å²) in [7, 11) is 1.64. The summed E-state index contributed by atoms with van der Waals surface area (Å²) in [5, 5.41) is 0. The van der Waals surface area contributed by atoms with Crippen LogP contribution >= 0.6 is 0 Å². The molecule has 3 heteroatoms. The van der Waals surface area contributed by atoms with Gasteiger partial charge in [0.25, 0.3) is 0 Å². The number of Topliss-reactive ketones (excluding diaryl/α,β-unsaturated/α-hetero) is 1. The van der Waals surface area contributed by atoms with Gasteiger partial charge in [-0.25, -0.2) is 0 Å². The Morgan fingerprint density at radius 2 is 2.25 bits per heavy atom. The van der Waals surface area contributed by atoms with Crippen LogP contribution in [0.2, 0.25) is 0 Å². The molecule has 1 fully saturated rings. The van der Waals surface area contributed by atoms with Crippen LogP contribution in [-0.4, -0.2) is 19.5 Å². The van der Waals surface area contributed by atoms with E-state index in [4.69, 9.17) is 9.47 Å². The summed E-state index contributed by atoms with van der Waals surface area (Å²) < 4.78 is 10.8. The summed E-state index contributed by atoms with van der Waals surface area (Å²) in [6.07, 6.45) is 0.921. The lowest BCUT2D eigenvalue weighted by atomic mass is 9.96. The Labute approximate surface area is 95.4 Å². The highest BCUT2D eigenvalue weighted by Crippen LogP contribution is 2.30. The standard InChI is InChI=1S/C13H16O3/c1-9-3-4-11(15-2)8-12(9)13-7-10(14)5-6-16-13/h3-4,8,13H,5-7H2,1-2H3. The molecule has 0 saturated carbocycles. The summed E-state index contributed by atoms with van der Waals surface area (Å²) in [5.41, 5.74) is 2.20. The van der Waals surface area contributed by atoms with Crippen LogP contribution in [0.15, 0.2) is 18.2 Å². The Morgan fingerprint density at radius 1 is 1.44 bits per heavy atom. The van der Waals surface area contributed by atoms with Crippen molar-refractivity contribution in [1.29, 1.82) is 0 Å². The summed E-state index contributed by atoms with van der Waals surface area (Å²) in [5.74, 6) is 1.08. The molecular weight excluding hydrogens is 204 g/mol. The van der Waals surface area contributed by atoms with Crippen LogP contribution in [-0.2, 0) is 9.53 Å². The van der Waals surface area contributed by atoms with Crippen molar-refractivity contribution in [2.75, 3.05) is 13.7 Å². The van der Waals surface area contributed by atoms with Crippen molar-refractivity contribution in [3.05, 3.63) is 29.3 Å². The first-order valence-electron chi connectivity index (χ1n) is 5.48. The van der Waals surface area contributed by atoms with Crippen LogP contribution in [0.3, 0.4) is 0 Å². The van der Waals surface area contributed by atoms with Crippen LogP contribution in [0.5, 0.6) is 5.75 Å². The fourth-order valence-electron chi connectivity index (χ4n) is 1.97. The zero-order valence-corrected chi connectivity index (χ0v) is 9.66. The lowest BCUT2D eigenvalue weighted by molar-refractivity contribution is -0.128. The smallest absolute Gasteiger partial charge is 0.138 e. The van der Waals surface area contributed by atoms with E-state index < -0.39 is 0 Å². The molecule has 2 rings (SSSR count). The normalized spacial score (nSPS) is 20.9. The third-order valence-corrected chi connectivity index (χ3v) is 2.95. The second-order valence-electron chi connectivity index (χ2n) is 4.07. The van der Waals surface area contributed by atoms with E-state index in [0.29, 0.717) is 19.4 Å². The Bertz CT molecular complexity index is 398. The van der Waals surface area contributed by atoms with Gasteiger partial charge < -0.3 is 9.47 Å². The molecule has 1 aromatic carbocycles. The lowest BCUT2D eigenvalue weighted by Crippen LogP contribution is -2.20. The molecule has 0 amide bonds. The van der Waals surface area contributed by atoms with E-state index in [0.717, 1.165) is 16.9 Å². The molecule has 1 atom stereocenters. The number of carbonyl (C=O) groups is 1. The molecule has 1 heterocycles. The van der Waals surface area contributed by atoms with Gasteiger partial charge in [-0.3, -0.25) is 4.79 Å². The molecule has 0 radical (unpaired) electrons. The highest BCUT2D eigenvalue weighted by atomic mass is 16.5. The number of ether oxygens (including phenoxy) is 2. The van der Waals surface area contributed by atoms with E-state index in [-0.39, 0.29) is 11.9 Å². The molecule has 0 bridgehead atoms. The van der Waals surface area contributed by atoms with Crippen molar-refractivity contribution in [1.82, 2.24) is 0 Å². The highest BCUT2D eigenvalue weighted by Gasteiger charge is 2.23. The molecule has 1 aromatic rings. The first-order chi connectivity index (χ1) is 7.70. The van der Waals surface area contributed by atoms with Crippen LogP contribution in [0, 0.1) is 6.92 Å². The first kappa shape index (κ1) is 11.1. The van der Waals surface area contributed by atoms with E-state index in [2.05, 4.69) is 0 Å². The largest absolute Gasteiger partial charge is 0.497 e. The van der Waals surface area contributed by atoms with Crippen molar-refractivity contribution >= 4 is 5.78 Å². The maximum atomic E-state index is 11.4. The average molecular weight is 220 g/mol. The van der Waals surface area contributed by atoms with Gasteiger partial charge in [0.1, 0.15) is 11.5 Å². The third kappa shape index (κ3) is 2.25. The van der Waals surface area contributed by atoms with Crippen molar-refractivity contribution in [2.45, 2.75) is 25.9 Å². The molecule has 0 aromatic heterocycles. The molecule has 16 heavy (non-hydrogen) atoms. The number of rotatable bonds is 2. The molecular formula is C13H16O3. The number of carbonyl (C=O) groups excluding carboxylic acids is 1. The van der Waals surface area contributed by atoms with Gasteiger partial charge in [-0.1, -0.05) is 6.07 Å². The molecule has 1 aliphatic rings. The Balaban J connectivity index is 2.27. The number of methoxy groups -OCH3 is 1. The zero-order chi connectivity index (χ0) is 11.5. The van der Waals surface area contributed by atoms with Gasteiger partial charge in [0, 0.05) is 12.8 Å². The topological polar surface area (TPSA) is 35.5 Å². The molecule has 1 unspecified atom stereocenters. The minimum Gasteiger partial charge on any atom is -0.497 e. The Kier molecular flexibility index (Phi) is 3.25. The van der Waals surface area contributed by atoms with Gasteiger partial charge in [0.2, 0.25) is 0 Å². The number of hydrogen-bond acceptors (Lipinski definition) is 3. The van der Waals surface area contributed by atoms with Crippen molar-refractivity contribution in [2.24, 2.45) is 0 Å². The van der Waals surface area contributed by atoms with Gasteiger partial charge in [-0.2, -0.15) is 0 Å². The average Bonchev–Trinajstić information content (AvgIpc) is 2.30. The molecule has 86 valence electrons. The van der Waals surface area contributed by atoms with Crippen molar-refractivity contribution in [3.63, 3.8) is 0 Å². The maximum absolute atomic E-state index is 11.4. The quantitative estimate of drug-likeness (QED) is 0.767. The monoisotopic (exact) mass is 220 g/mol. The van der Waals surface area contributed by atoms with Crippen molar-refractivity contribution < 1.29 is 14.3 Å². The van der Waals surface area contributed by atoms with Crippen LogP contribution in [0.25, 0.3) is 0 Å². The van der Waals surface area contributed by atoms with E-state index in [1.807, 2.05) is 25.1 Å². The predicted octanol–water partition coefficient (Wildman–Crippen LogP) is 2.42. The van der Waals surface area contributed by atoms with Crippen LogP contribution in [0.4, 0.5) is 0 Å². The first-order valence-corrected chi connectivity index (χ1v) is 5.48. The SMILES string of the molecule is COc1ccc(C)c(C2CC(=O)CCO2)c1. The lowest BCUT2D eigenvalue weighted by Gasteiger charge is -2.23. The molecule has 1 aliphatic heterocycles. The summed E-state index contributed by atoms with van der Waals surface area (Å²) >= 11 is 0. The predicted molar refractivity (Wildman–Crippen MR) is 60.7 cm³/mol. The minimum atomic E-state index is -0.101. The second kappa shape index (κ2) is 4.66. The fourth-order valence-corrected chi connectivity index (χ4v) is 1.97. The van der Waals surface area contributed by atoms with Gasteiger partial charge in [-0.05, 0) is 30.2 Å². The van der Waals surface area contributed by atoms with Gasteiger partial charge in [-0.15, -0.1) is 0 Å². The number of hydrogen-bond donors (Lipinski definition) is 0. The van der Waals surface area contributed by atoms with Crippen molar-refractivity contribution in [3.8, 4) is 5.75 Å². The van der Waals surface area contributed by atoms with E-state index in [1.165, 1.54) is 0 Å². The highest BCUT2D eigenvalue weighted by molar-refractivity contribution is 5.79. The van der Waals surface area contributed by atoms with E-state index in [9.17, 15) is 4.79 Å². The van der Waals surface area contributed by atoms with E-state index in [1.54, 1.807) is 7.11 Å². The van der Waals surface area contributed by atoms with Gasteiger partial charge in [0.05, 0.1) is 19.8 Å². The molecule has 3 nitrogen and oxygen atoms in total. The number of aryl methyl sites for hydroxylation is 1. The summed E-state index contributed by atoms with van der Waals surface area (Å²) in [6, 6.07) is 5.87. The Hall–Kier alpha value is -1.35. The van der Waals surface area contributed by atoms with Gasteiger partial charge >= 0.3 is 0 Å². The number of benzene rings is 1. The number of ketones is 1. The van der Waals surface area contributed by atoms with Gasteiger partial charge in [0.15, 0.2) is 0 Å². The minimum absolute atomic E-state index is 0.101. The second-order valence-corrected chi connectivity index (χ2v) is 4.07. The fraction of sp³-hybridized carbons (Fsp3) is 0.462. The summed E-state index contributed by atoms with van der Waals surface area (Å²) in [6.45, 7) is 2.55. The Morgan fingerprint density at radius 3 is 2.94 bits per heavy atom. The molecule has 0 spiro atoms. The molecule has 1 saturated heterocycles.